The van der Waals surface area contributed by atoms with Gasteiger partial charge in [0, 0.05) is 31.6 Å². The molecule has 0 saturated carbocycles. The van der Waals surface area contributed by atoms with Crippen LogP contribution in [0.25, 0.3) is 0 Å². The topological polar surface area (TPSA) is 40.6 Å². The van der Waals surface area contributed by atoms with E-state index in [1.165, 1.54) is 22.5 Å². The number of nitrogens with zero attached hydrogens (tertiary/aromatic N) is 2. The van der Waals surface area contributed by atoms with Crippen molar-refractivity contribution < 1.29 is 9.59 Å². The first-order valence-electron chi connectivity index (χ1n) is 10.2. The Morgan fingerprint density at radius 2 is 1.93 bits per heavy atom. The minimum absolute atomic E-state index is 0.0623. The van der Waals surface area contributed by atoms with Crippen LogP contribution in [0.3, 0.4) is 0 Å². The molecular weight excluding hydrogens is 368 g/mol. The minimum Gasteiger partial charge on any atom is -0.338 e. The quantitative estimate of drug-likeness (QED) is 0.762. The van der Waals surface area contributed by atoms with Crippen LogP contribution < -0.4 is 0 Å². The predicted molar refractivity (Wildman–Crippen MR) is 112 cm³/mol. The Kier molecular flexibility index (Phi) is 5.28. The molecule has 2 aromatic rings. The van der Waals surface area contributed by atoms with Gasteiger partial charge in [0.15, 0.2) is 0 Å². The number of amides is 2. The van der Waals surface area contributed by atoms with Crippen molar-refractivity contribution in [3.63, 3.8) is 0 Å². The van der Waals surface area contributed by atoms with E-state index in [-0.39, 0.29) is 17.2 Å². The van der Waals surface area contributed by atoms with E-state index in [0.717, 1.165) is 31.4 Å². The van der Waals surface area contributed by atoms with Crippen LogP contribution in [-0.2, 0) is 11.3 Å². The Labute approximate surface area is 171 Å². The molecule has 3 heterocycles. The molecule has 4 nitrogen and oxygen atoms in total. The van der Waals surface area contributed by atoms with Gasteiger partial charge in [-0.2, -0.15) is 11.3 Å². The van der Waals surface area contributed by atoms with Gasteiger partial charge in [0.2, 0.25) is 5.91 Å². The van der Waals surface area contributed by atoms with E-state index in [1.54, 1.807) is 0 Å². The highest BCUT2D eigenvalue weighted by Crippen LogP contribution is 2.41. The minimum atomic E-state index is -0.387. The van der Waals surface area contributed by atoms with E-state index in [2.05, 4.69) is 38.1 Å². The number of benzene rings is 1. The highest BCUT2D eigenvalue weighted by Gasteiger charge is 2.49. The van der Waals surface area contributed by atoms with Crippen molar-refractivity contribution in [1.29, 1.82) is 0 Å². The Morgan fingerprint density at radius 3 is 2.61 bits per heavy atom. The largest absolute Gasteiger partial charge is 0.338 e. The van der Waals surface area contributed by atoms with E-state index in [4.69, 9.17) is 0 Å². The van der Waals surface area contributed by atoms with E-state index in [9.17, 15) is 9.59 Å². The zero-order chi connectivity index (χ0) is 19.7. The van der Waals surface area contributed by atoms with Crippen molar-refractivity contribution in [2.75, 3.05) is 19.6 Å². The van der Waals surface area contributed by atoms with Gasteiger partial charge in [0.1, 0.15) is 0 Å². The molecule has 0 bridgehead atoms. The molecule has 28 heavy (non-hydrogen) atoms. The van der Waals surface area contributed by atoms with Gasteiger partial charge in [-0.1, -0.05) is 38.1 Å². The summed E-state index contributed by atoms with van der Waals surface area (Å²) in [4.78, 5) is 30.0. The maximum atomic E-state index is 13.4. The number of carbonyl (C=O) groups is 2. The molecule has 148 valence electrons. The van der Waals surface area contributed by atoms with E-state index < -0.39 is 0 Å². The molecule has 0 radical (unpaired) electrons. The fraction of sp³-hybridized carbons (Fsp3) is 0.478. The second-order valence-corrected chi connectivity index (χ2v) is 9.28. The Bertz CT molecular complexity index is 844. The van der Waals surface area contributed by atoms with Crippen LogP contribution in [0.1, 0.15) is 60.5 Å². The van der Waals surface area contributed by atoms with Crippen molar-refractivity contribution in [2.24, 2.45) is 5.41 Å². The van der Waals surface area contributed by atoms with Gasteiger partial charge >= 0.3 is 0 Å². The smallest absolute Gasteiger partial charge is 0.254 e. The maximum Gasteiger partial charge on any atom is 0.254 e. The standard InChI is InChI=1S/C23H28N2O2S/c1-17(2)19-6-4-18(5-7-19)14-24-11-3-9-23(22(24)27)10-12-25(16-23)21(26)20-8-13-28-15-20/h4-8,13,15,17H,3,9-12,14,16H2,1-2H3/t23-/m0/s1. The highest BCUT2D eigenvalue weighted by atomic mass is 32.1. The number of likely N-dealkylation sites (tertiary alicyclic amines) is 2. The third-order valence-electron chi connectivity index (χ3n) is 6.25. The van der Waals surface area contributed by atoms with E-state index in [0.29, 0.717) is 25.6 Å². The van der Waals surface area contributed by atoms with Gasteiger partial charge in [-0.15, -0.1) is 0 Å². The molecule has 2 saturated heterocycles. The summed E-state index contributed by atoms with van der Waals surface area (Å²) in [6, 6.07) is 10.5. The van der Waals surface area contributed by atoms with Crippen molar-refractivity contribution in [1.82, 2.24) is 9.80 Å². The van der Waals surface area contributed by atoms with Crippen molar-refractivity contribution in [3.8, 4) is 0 Å². The molecule has 1 aromatic carbocycles. The lowest BCUT2D eigenvalue weighted by molar-refractivity contribution is -0.146. The number of thiophene rings is 1. The average Bonchev–Trinajstić information content (AvgIpc) is 3.37. The van der Waals surface area contributed by atoms with Gasteiger partial charge in [-0.25, -0.2) is 0 Å². The third-order valence-corrected chi connectivity index (χ3v) is 6.94. The molecule has 2 aliphatic rings. The molecule has 0 unspecified atom stereocenters. The first-order valence-corrected chi connectivity index (χ1v) is 11.1. The van der Waals surface area contributed by atoms with E-state index >= 15 is 0 Å². The van der Waals surface area contributed by atoms with Gasteiger partial charge in [0.25, 0.3) is 5.91 Å². The van der Waals surface area contributed by atoms with Crippen LogP contribution in [0.15, 0.2) is 41.1 Å². The summed E-state index contributed by atoms with van der Waals surface area (Å²) in [6.07, 6.45) is 2.68. The van der Waals surface area contributed by atoms with Crippen LogP contribution in [0, 0.1) is 5.41 Å². The summed E-state index contributed by atoms with van der Waals surface area (Å²) in [5, 5.41) is 3.82. The molecule has 4 rings (SSSR count). The summed E-state index contributed by atoms with van der Waals surface area (Å²) >= 11 is 1.54. The normalized spacial score (nSPS) is 22.5. The summed E-state index contributed by atoms with van der Waals surface area (Å²) < 4.78 is 0. The fourth-order valence-electron chi connectivity index (χ4n) is 4.52. The Balaban J connectivity index is 1.45. The first-order chi connectivity index (χ1) is 13.5. The zero-order valence-corrected chi connectivity index (χ0v) is 17.5. The van der Waals surface area contributed by atoms with Crippen molar-refractivity contribution >= 4 is 23.2 Å². The van der Waals surface area contributed by atoms with Gasteiger partial charge in [-0.05, 0) is 47.8 Å². The number of hydrogen-bond donors (Lipinski definition) is 0. The second-order valence-electron chi connectivity index (χ2n) is 8.50. The molecule has 2 fully saturated rings. The average molecular weight is 397 g/mol. The molecular formula is C23H28N2O2S. The van der Waals surface area contributed by atoms with Crippen LogP contribution >= 0.6 is 11.3 Å². The first kappa shape index (κ1) is 19.2. The molecule has 0 N–H and O–H groups in total. The number of hydrogen-bond acceptors (Lipinski definition) is 3. The summed E-state index contributed by atoms with van der Waals surface area (Å²) in [5.41, 5.74) is 2.86. The van der Waals surface area contributed by atoms with Crippen molar-refractivity contribution in [2.45, 2.75) is 45.6 Å². The van der Waals surface area contributed by atoms with Gasteiger partial charge < -0.3 is 9.80 Å². The number of piperidine rings is 1. The highest BCUT2D eigenvalue weighted by molar-refractivity contribution is 7.08. The van der Waals surface area contributed by atoms with Gasteiger partial charge in [-0.3, -0.25) is 9.59 Å². The maximum absolute atomic E-state index is 13.4. The molecule has 0 aliphatic carbocycles. The third kappa shape index (κ3) is 3.60. The second kappa shape index (κ2) is 7.70. The van der Waals surface area contributed by atoms with E-state index in [1.807, 2.05) is 26.6 Å². The molecule has 1 atom stereocenters. The summed E-state index contributed by atoms with van der Waals surface area (Å²) in [5.74, 6) is 0.804. The molecule has 2 amide bonds. The molecule has 2 aliphatic heterocycles. The lowest BCUT2D eigenvalue weighted by Crippen LogP contribution is -2.50. The molecule has 5 heteroatoms. The Morgan fingerprint density at radius 1 is 1.14 bits per heavy atom. The fourth-order valence-corrected chi connectivity index (χ4v) is 5.15. The lowest BCUT2D eigenvalue weighted by atomic mass is 9.78. The van der Waals surface area contributed by atoms with Gasteiger partial charge in [0.05, 0.1) is 11.0 Å². The number of carbonyl (C=O) groups excluding carboxylic acids is 2. The SMILES string of the molecule is CC(C)c1ccc(CN2CCC[C@@]3(CCN(C(=O)c4ccsc4)C3)C2=O)cc1. The van der Waals surface area contributed by atoms with Crippen LogP contribution in [-0.4, -0.2) is 41.2 Å². The van der Waals surface area contributed by atoms with Crippen LogP contribution in [0.2, 0.25) is 0 Å². The summed E-state index contributed by atoms with van der Waals surface area (Å²) in [7, 11) is 0. The van der Waals surface area contributed by atoms with Crippen LogP contribution in [0.4, 0.5) is 0 Å². The molecule has 1 aromatic heterocycles. The monoisotopic (exact) mass is 396 g/mol. The zero-order valence-electron chi connectivity index (χ0n) is 16.7. The van der Waals surface area contributed by atoms with Crippen LogP contribution in [0.5, 0.6) is 0 Å². The number of rotatable bonds is 4. The van der Waals surface area contributed by atoms with Crippen molar-refractivity contribution in [3.05, 3.63) is 57.8 Å². The summed E-state index contributed by atoms with van der Waals surface area (Å²) in [6.45, 7) is 7.09. The Hall–Kier alpha value is -2.14. The predicted octanol–water partition coefficient (Wildman–Crippen LogP) is 4.53. The molecule has 1 spiro atoms. The lowest BCUT2D eigenvalue weighted by Gasteiger charge is -2.39.